The third-order valence-electron chi connectivity index (χ3n) is 0.875. The molecule has 0 atom stereocenters. The third kappa shape index (κ3) is 6.47. The number of nitrogens with one attached hydrogen (secondary N) is 1. The van der Waals surface area contributed by atoms with Crippen molar-refractivity contribution in [2.45, 2.75) is 19.0 Å². The summed E-state index contributed by atoms with van der Waals surface area (Å²) in [5.41, 5.74) is 0. The molecule has 0 aliphatic rings. The van der Waals surface area contributed by atoms with Crippen molar-refractivity contribution in [3.05, 3.63) is 0 Å². The van der Waals surface area contributed by atoms with Crippen molar-refractivity contribution < 1.29 is 0 Å². The quantitative estimate of drug-likeness (QED) is 0.343. The molecule has 0 heterocycles. The van der Waals surface area contributed by atoms with Gasteiger partial charge in [-0.2, -0.15) is 0 Å². The molecule has 0 aliphatic heterocycles. The van der Waals surface area contributed by atoms with Crippen molar-refractivity contribution in [2.75, 3.05) is 6.54 Å². The SMILES string of the molecule is C[SiH2]CCCNCl. The molecular formula is C4H12ClNSi. The molecule has 0 aromatic carbocycles. The van der Waals surface area contributed by atoms with E-state index in [1.165, 1.54) is 12.5 Å². The van der Waals surface area contributed by atoms with E-state index in [-0.39, 0.29) is 0 Å². The summed E-state index contributed by atoms with van der Waals surface area (Å²) in [6.45, 7) is 3.29. The normalized spacial score (nSPS) is 11.1. The zero-order valence-electron chi connectivity index (χ0n) is 4.71. The predicted molar refractivity (Wildman–Crippen MR) is 37.7 cm³/mol. The van der Waals surface area contributed by atoms with E-state index in [1.54, 1.807) is 0 Å². The Hall–Kier alpha value is 0.467. The van der Waals surface area contributed by atoms with E-state index in [0.29, 0.717) is 9.52 Å². The van der Waals surface area contributed by atoms with Crippen LogP contribution in [0, 0.1) is 0 Å². The minimum atomic E-state index is 0.295. The van der Waals surface area contributed by atoms with E-state index in [1.807, 2.05) is 0 Å². The number of halogens is 1. The molecule has 0 rings (SSSR count). The van der Waals surface area contributed by atoms with Gasteiger partial charge < -0.3 is 0 Å². The second-order valence-corrected chi connectivity index (χ2v) is 3.57. The Morgan fingerprint density at radius 3 is 2.86 bits per heavy atom. The minimum Gasteiger partial charge on any atom is -0.234 e. The van der Waals surface area contributed by atoms with Gasteiger partial charge in [-0.25, -0.2) is 4.84 Å². The second-order valence-electron chi connectivity index (χ2n) is 1.59. The Morgan fingerprint density at radius 2 is 2.43 bits per heavy atom. The van der Waals surface area contributed by atoms with Crippen LogP contribution in [0.2, 0.25) is 12.6 Å². The maximum atomic E-state index is 5.20. The summed E-state index contributed by atoms with van der Waals surface area (Å²) < 4.78 is 0. The fraction of sp³-hybridized carbons (Fsp3) is 1.00. The van der Waals surface area contributed by atoms with E-state index >= 15 is 0 Å². The topological polar surface area (TPSA) is 12.0 Å². The highest BCUT2D eigenvalue weighted by atomic mass is 35.5. The molecule has 0 unspecified atom stereocenters. The molecule has 44 valence electrons. The lowest BCUT2D eigenvalue weighted by Gasteiger charge is -1.90. The molecule has 0 fully saturated rings. The van der Waals surface area contributed by atoms with E-state index in [9.17, 15) is 0 Å². The van der Waals surface area contributed by atoms with Crippen molar-refractivity contribution >= 4 is 21.3 Å². The average molecular weight is 138 g/mol. The molecule has 3 heteroatoms. The van der Waals surface area contributed by atoms with E-state index < -0.39 is 0 Å². The van der Waals surface area contributed by atoms with Crippen molar-refractivity contribution in [2.24, 2.45) is 0 Å². The van der Waals surface area contributed by atoms with Crippen LogP contribution in [-0.2, 0) is 0 Å². The summed E-state index contributed by atoms with van der Waals surface area (Å²) >= 11 is 5.20. The first kappa shape index (κ1) is 7.47. The summed E-state index contributed by atoms with van der Waals surface area (Å²) in [7, 11) is 0.295. The van der Waals surface area contributed by atoms with E-state index in [0.717, 1.165) is 6.54 Å². The summed E-state index contributed by atoms with van der Waals surface area (Å²) in [6.07, 6.45) is 1.26. The zero-order valence-corrected chi connectivity index (χ0v) is 6.88. The Kier molecular flexibility index (Phi) is 6.90. The lowest BCUT2D eigenvalue weighted by atomic mass is 10.5. The van der Waals surface area contributed by atoms with Crippen LogP contribution in [0.15, 0.2) is 0 Å². The van der Waals surface area contributed by atoms with Crippen molar-refractivity contribution in [1.82, 2.24) is 4.84 Å². The minimum absolute atomic E-state index is 0.295. The number of hydrogen-bond donors (Lipinski definition) is 1. The number of hydrogen-bond acceptors (Lipinski definition) is 1. The Balaban J connectivity index is 2.45. The van der Waals surface area contributed by atoms with Gasteiger partial charge in [-0.1, -0.05) is 12.6 Å². The molecule has 0 spiro atoms. The Morgan fingerprint density at radius 1 is 1.71 bits per heavy atom. The first-order valence-electron chi connectivity index (χ1n) is 2.75. The van der Waals surface area contributed by atoms with Crippen LogP contribution >= 0.6 is 11.8 Å². The molecule has 0 saturated carbocycles. The lowest BCUT2D eigenvalue weighted by molar-refractivity contribution is 0.865. The van der Waals surface area contributed by atoms with Crippen molar-refractivity contribution in [1.29, 1.82) is 0 Å². The molecule has 0 radical (unpaired) electrons. The van der Waals surface area contributed by atoms with Gasteiger partial charge in [0.25, 0.3) is 0 Å². The van der Waals surface area contributed by atoms with Gasteiger partial charge in [0.2, 0.25) is 0 Å². The van der Waals surface area contributed by atoms with Crippen LogP contribution in [0.1, 0.15) is 6.42 Å². The summed E-state index contributed by atoms with van der Waals surface area (Å²) in [5, 5.41) is 0. The van der Waals surface area contributed by atoms with Crippen LogP contribution in [-0.4, -0.2) is 16.1 Å². The molecular weight excluding hydrogens is 126 g/mol. The van der Waals surface area contributed by atoms with Gasteiger partial charge in [-0.05, 0) is 18.2 Å². The Bertz CT molecular complexity index is 30.9. The fourth-order valence-corrected chi connectivity index (χ4v) is 1.33. The van der Waals surface area contributed by atoms with Crippen LogP contribution in [0.4, 0.5) is 0 Å². The van der Waals surface area contributed by atoms with Gasteiger partial charge in [0.05, 0.1) is 0 Å². The summed E-state index contributed by atoms with van der Waals surface area (Å²) in [5.74, 6) is 0. The molecule has 0 aromatic heterocycles. The first-order valence-corrected chi connectivity index (χ1v) is 5.54. The number of rotatable bonds is 4. The molecule has 0 amide bonds. The lowest BCUT2D eigenvalue weighted by Crippen LogP contribution is -2.00. The molecule has 1 N–H and O–H groups in total. The Labute approximate surface area is 52.4 Å². The highest BCUT2D eigenvalue weighted by Crippen LogP contribution is 1.84. The first-order chi connectivity index (χ1) is 3.41. The maximum absolute atomic E-state index is 5.20. The van der Waals surface area contributed by atoms with Gasteiger partial charge in [0.15, 0.2) is 0 Å². The van der Waals surface area contributed by atoms with Gasteiger partial charge >= 0.3 is 0 Å². The molecule has 0 bridgehead atoms. The molecule has 0 saturated heterocycles. The van der Waals surface area contributed by atoms with Gasteiger partial charge in [0, 0.05) is 16.1 Å². The highest BCUT2D eigenvalue weighted by molar-refractivity contribution is 6.33. The second kappa shape index (κ2) is 6.47. The van der Waals surface area contributed by atoms with Crippen molar-refractivity contribution in [3.8, 4) is 0 Å². The highest BCUT2D eigenvalue weighted by Gasteiger charge is 1.80. The zero-order chi connectivity index (χ0) is 5.54. The smallest absolute Gasteiger partial charge is 0.0167 e. The molecule has 0 aromatic rings. The van der Waals surface area contributed by atoms with Crippen LogP contribution in [0.5, 0.6) is 0 Å². The van der Waals surface area contributed by atoms with Crippen LogP contribution in [0.3, 0.4) is 0 Å². The van der Waals surface area contributed by atoms with E-state index in [2.05, 4.69) is 11.4 Å². The van der Waals surface area contributed by atoms with Gasteiger partial charge in [-0.15, -0.1) is 0 Å². The summed E-state index contributed by atoms with van der Waals surface area (Å²) in [4.78, 5) is 2.60. The third-order valence-corrected chi connectivity index (χ3v) is 2.27. The maximum Gasteiger partial charge on any atom is 0.0167 e. The molecule has 7 heavy (non-hydrogen) atoms. The average Bonchev–Trinajstić information content (AvgIpc) is 1.69. The fourth-order valence-electron chi connectivity index (χ4n) is 0.442. The molecule has 0 aliphatic carbocycles. The van der Waals surface area contributed by atoms with Gasteiger partial charge in [-0.3, -0.25) is 0 Å². The predicted octanol–water partition coefficient (Wildman–Crippen LogP) is 0.755. The summed E-state index contributed by atoms with van der Waals surface area (Å²) in [6, 6.07) is 1.42. The van der Waals surface area contributed by atoms with Crippen LogP contribution in [0.25, 0.3) is 0 Å². The van der Waals surface area contributed by atoms with E-state index in [4.69, 9.17) is 11.8 Å². The van der Waals surface area contributed by atoms with Crippen molar-refractivity contribution in [3.63, 3.8) is 0 Å². The standard InChI is InChI=1S/C4H12ClNSi/c1-7-4-2-3-6-5/h6H,2-4,7H2,1H3. The molecule has 1 nitrogen and oxygen atoms in total. The van der Waals surface area contributed by atoms with Gasteiger partial charge in [0.1, 0.15) is 0 Å². The largest absolute Gasteiger partial charge is 0.234 e. The van der Waals surface area contributed by atoms with Crippen LogP contribution < -0.4 is 4.84 Å². The monoisotopic (exact) mass is 137 g/mol.